The summed E-state index contributed by atoms with van der Waals surface area (Å²) in [6, 6.07) is 8.27. The van der Waals surface area contributed by atoms with Crippen LogP contribution in [0.4, 0.5) is 0 Å². The van der Waals surface area contributed by atoms with Gasteiger partial charge in [0, 0.05) is 11.8 Å². The Morgan fingerprint density at radius 3 is 3.00 bits per heavy atom. The van der Waals surface area contributed by atoms with Crippen molar-refractivity contribution < 1.29 is 4.42 Å². The molecule has 0 saturated carbocycles. The monoisotopic (exact) mass is 172 g/mol. The fourth-order valence-electron chi connectivity index (χ4n) is 1.46. The third-order valence-electron chi connectivity index (χ3n) is 2.07. The first-order valence-electron chi connectivity index (χ1n) is 4.39. The quantitative estimate of drug-likeness (QED) is 0.632. The van der Waals surface area contributed by atoms with E-state index in [2.05, 4.69) is 31.7 Å². The van der Waals surface area contributed by atoms with Crippen LogP contribution in [-0.4, -0.2) is 0 Å². The summed E-state index contributed by atoms with van der Waals surface area (Å²) < 4.78 is 5.59. The van der Waals surface area contributed by atoms with Crippen molar-refractivity contribution in [2.75, 3.05) is 0 Å². The molecule has 0 aliphatic rings. The van der Waals surface area contributed by atoms with Crippen molar-refractivity contribution in [3.63, 3.8) is 0 Å². The highest BCUT2D eigenvalue weighted by Crippen LogP contribution is 2.20. The first-order chi connectivity index (χ1) is 6.29. The summed E-state index contributed by atoms with van der Waals surface area (Å²) in [7, 11) is 0. The van der Waals surface area contributed by atoms with Crippen LogP contribution in [0.5, 0.6) is 0 Å². The van der Waals surface area contributed by atoms with Crippen LogP contribution >= 0.6 is 0 Å². The Morgan fingerprint density at radius 2 is 2.23 bits per heavy atom. The predicted octanol–water partition coefficient (Wildman–Crippen LogP) is 3.47. The maximum atomic E-state index is 5.59. The van der Waals surface area contributed by atoms with Crippen molar-refractivity contribution in [3.05, 3.63) is 48.2 Å². The van der Waals surface area contributed by atoms with Crippen LogP contribution in [0, 0.1) is 6.92 Å². The van der Waals surface area contributed by atoms with Crippen LogP contribution < -0.4 is 0 Å². The number of benzene rings is 1. The van der Waals surface area contributed by atoms with E-state index in [1.54, 1.807) is 0 Å². The van der Waals surface area contributed by atoms with Crippen LogP contribution in [0.3, 0.4) is 0 Å². The van der Waals surface area contributed by atoms with Crippen molar-refractivity contribution in [2.45, 2.75) is 13.3 Å². The van der Waals surface area contributed by atoms with E-state index in [9.17, 15) is 0 Å². The first-order valence-corrected chi connectivity index (χ1v) is 4.39. The summed E-state index contributed by atoms with van der Waals surface area (Å²) in [5, 5.41) is 1.18. The van der Waals surface area contributed by atoms with E-state index in [0.717, 1.165) is 17.8 Å². The highest BCUT2D eigenvalue weighted by molar-refractivity contribution is 5.78. The van der Waals surface area contributed by atoms with E-state index < -0.39 is 0 Å². The minimum Gasteiger partial charge on any atom is -0.461 e. The second-order valence-electron chi connectivity index (χ2n) is 3.25. The largest absolute Gasteiger partial charge is 0.461 e. The molecule has 0 atom stereocenters. The Kier molecular flexibility index (Phi) is 1.93. The van der Waals surface area contributed by atoms with E-state index in [4.69, 9.17) is 4.42 Å². The van der Waals surface area contributed by atoms with Gasteiger partial charge >= 0.3 is 0 Å². The lowest BCUT2D eigenvalue weighted by Crippen LogP contribution is -1.70. The Morgan fingerprint density at radius 1 is 1.38 bits per heavy atom. The smallest absolute Gasteiger partial charge is 0.134 e. The molecule has 0 fully saturated rings. The molecule has 2 rings (SSSR count). The molecule has 0 aliphatic heterocycles. The number of hydrogen-bond donors (Lipinski definition) is 0. The maximum Gasteiger partial charge on any atom is 0.134 e. The van der Waals surface area contributed by atoms with Crippen molar-refractivity contribution in [2.24, 2.45) is 0 Å². The van der Waals surface area contributed by atoms with E-state index in [-0.39, 0.29) is 0 Å². The van der Waals surface area contributed by atoms with Gasteiger partial charge in [0.05, 0.1) is 0 Å². The SMILES string of the molecule is C=CCc1cc2cc(C)ccc2o1. The molecule has 13 heavy (non-hydrogen) atoms. The van der Waals surface area contributed by atoms with Crippen LogP contribution in [0.1, 0.15) is 11.3 Å². The van der Waals surface area contributed by atoms with Gasteiger partial charge in [-0.25, -0.2) is 0 Å². The summed E-state index contributed by atoms with van der Waals surface area (Å²) in [5.41, 5.74) is 2.22. The third-order valence-corrected chi connectivity index (χ3v) is 2.07. The molecule has 2 aromatic rings. The van der Waals surface area contributed by atoms with Crippen LogP contribution in [-0.2, 0) is 6.42 Å². The molecule has 0 radical (unpaired) electrons. The second-order valence-corrected chi connectivity index (χ2v) is 3.25. The minimum absolute atomic E-state index is 0.799. The summed E-state index contributed by atoms with van der Waals surface area (Å²) in [5.74, 6) is 0.982. The standard InChI is InChI=1S/C12H12O/c1-3-4-11-8-10-7-9(2)5-6-12(10)13-11/h3,5-8H,1,4H2,2H3. The van der Waals surface area contributed by atoms with Crippen LogP contribution in [0.2, 0.25) is 0 Å². The molecular formula is C12H12O. The Bertz CT molecular complexity index is 437. The molecule has 1 heteroatoms. The Labute approximate surface area is 77.7 Å². The van der Waals surface area contributed by atoms with Gasteiger partial charge in [-0.2, -0.15) is 0 Å². The van der Waals surface area contributed by atoms with Crippen LogP contribution in [0.15, 0.2) is 41.3 Å². The number of rotatable bonds is 2. The van der Waals surface area contributed by atoms with Gasteiger partial charge in [-0.15, -0.1) is 6.58 Å². The second kappa shape index (κ2) is 3.09. The zero-order valence-electron chi connectivity index (χ0n) is 7.71. The number of allylic oxidation sites excluding steroid dienone is 1. The van der Waals surface area contributed by atoms with Gasteiger partial charge in [0.25, 0.3) is 0 Å². The molecule has 1 heterocycles. The summed E-state index contributed by atoms with van der Waals surface area (Å²) >= 11 is 0. The average molecular weight is 172 g/mol. The fraction of sp³-hybridized carbons (Fsp3) is 0.167. The lowest BCUT2D eigenvalue weighted by atomic mass is 10.2. The molecule has 0 aliphatic carbocycles. The zero-order valence-corrected chi connectivity index (χ0v) is 7.71. The van der Waals surface area contributed by atoms with Gasteiger partial charge in [0.1, 0.15) is 11.3 Å². The van der Waals surface area contributed by atoms with Gasteiger partial charge in [-0.05, 0) is 25.1 Å². The van der Waals surface area contributed by atoms with Crippen molar-refractivity contribution >= 4 is 11.0 Å². The van der Waals surface area contributed by atoms with Crippen molar-refractivity contribution in [1.82, 2.24) is 0 Å². The van der Waals surface area contributed by atoms with E-state index >= 15 is 0 Å². The topological polar surface area (TPSA) is 13.1 Å². The van der Waals surface area contributed by atoms with Crippen LogP contribution in [0.25, 0.3) is 11.0 Å². The van der Waals surface area contributed by atoms with E-state index in [0.29, 0.717) is 0 Å². The predicted molar refractivity (Wildman–Crippen MR) is 54.9 cm³/mol. The molecule has 1 nitrogen and oxygen atoms in total. The first kappa shape index (κ1) is 8.11. The number of fused-ring (bicyclic) bond motifs is 1. The third kappa shape index (κ3) is 1.50. The summed E-state index contributed by atoms with van der Waals surface area (Å²) in [6.07, 6.45) is 2.65. The van der Waals surface area contributed by atoms with Gasteiger partial charge in [0.15, 0.2) is 0 Å². The van der Waals surface area contributed by atoms with Crippen molar-refractivity contribution in [1.29, 1.82) is 0 Å². The average Bonchev–Trinajstić information content (AvgIpc) is 2.46. The molecule has 0 amide bonds. The van der Waals surface area contributed by atoms with Gasteiger partial charge < -0.3 is 4.42 Å². The normalized spacial score (nSPS) is 10.5. The zero-order chi connectivity index (χ0) is 9.26. The highest BCUT2D eigenvalue weighted by atomic mass is 16.3. The summed E-state index contributed by atoms with van der Waals surface area (Å²) in [4.78, 5) is 0. The highest BCUT2D eigenvalue weighted by Gasteiger charge is 2.01. The lowest BCUT2D eigenvalue weighted by Gasteiger charge is -1.89. The molecule has 1 aromatic heterocycles. The van der Waals surface area contributed by atoms with Gasteiger partial charge in [-0.1, -0.05) is 17.7 Å². The van der Waals surface area contributed by atoms with E-state index in [1.165, 1.54) is 10.9 Å². The lowest BCUT2D eigenvalue weighted by molar-refractivity contribution is 0.565. The molecular weight excluding hydrogens is 160 g/mol. The molecule has 0 spiro atoms. The van der Waals surface area contributed by atoms with Crippen molar-refractivity contribution in [3.8, 4) is 0 Å². The van der Waals surface area contributed by atoms with Gasteiger partial charge in [-0.3, -0.25) is 0 Å². The molecule has 66 valence electrons. The number of furan rings is 1. The number of hydrogen-bond acceptors (Lipinski definition) is 1. The molecule has 1 aromatic carbocycles. The minimum atomic E-state index is 0.799. The Hall–Kier alpha value is -1.50. The fourth-order valence-corrected chi connectivity index (χ4v) is 1.46. The maximum absolute atomic E-state index is 5.59. The number of aryl methyl sites for hydroxylation is 1. The Balaban J connectivity index is 2.55. The summed E-state index contributed by atoms with van der Waals surface area (Å²) in [6.45, 7) is 5.77. The molecule has 0 N–H and O–H groups in total. The molecule has 0 unspecified atom stereocenters. The van der Waals surface area contributed by atoms with E-state index in [1.807, 2.05) is 12.1 Å². The molecule has 0 saturated heterocycles. The molecule has 0 bridgehead atoms. The van der Waals surface area contributed by atoms with Gasteiger partial charge in [0.2, 0.25) is 0 Å².